The number of aliphatic carboxylic acids is 2. The van der Waals surface area contributed by atoms with Crippen LogP contribution in [0.15, 0.2) is 122 Å². The Morgan fingerprint density at radius 1 is 0.514 bits per heavy atom. The molecule has 0 aliphatic carbocycles. The van der Waals surface area contributed by atoms with E-state index in [9.17, 15) is 87.9 Å². The number of primary amides is 1. The molecule has 584 valence electrons. The van der Waals surface area contributed by atoms with Crippen LogP contribution in [0.2, 0.25) is 0 Å². The Morgan fingerprint density at radius 2 is 1.02 bits per heavy atom. The van der Waals surface area contributed by atoms with Crippen LogP contribution in [-0.4, -0.2) is 205 Å². The minimum absolute atomic E-state index is 0.0337. The SMILES string of the molecule is CCc1cc(OC)ccc1-c1ccc(C[C@H](NC(=O)[C@H](CC(=O)O)NC(=O)[C@H](CO)NC(=O)[C@@H](NC(=O)[C@H](Cc2ccccc2)NC(=O)[C@@H](NC(=O)CNC(=O)[C@H](CCC(=O)O)NC(=O)[C@H](C)NC(=O)[C@@H](N)Cc2cnc[nH]2)[C@@H](C)O)[C@@H](C)O)C(=O)N[C@@H](Cc2ccc(-c3cc(C)c(C)cc3C)cc2)C(N)=O)cc1. The molecule has 33 nitrogen and oxygen atoms in total. The molecule has 0 radical (unpaired) electrons. The minimum atomic E-state index is -2.05. The van der Waals surface area contributed by atoms with Crippen molar-refractivity contribution in [3.8, 4) is 28.0 Å². The molecule has 0 unspecified atom stereocenters. The van der Waals surface area contributed by atoms with Gasteiger partial charge in [-0.2, -0.15) is 0 Å². The monoisotopic (exact) mass is 1510 g/mol. The number of rotatable bonds is 41. The van der Waals surface area contributed by atoms with Gasteiger partial charge >= 0.3 is 11.9 Å². The van der Waals surface area contributed by atoms with Crippen molar-refractivity contribution in [3.63, 3.8) is 0 Å². The molecule has 0 fully saturated rings. The number of aryl methyl sites for hydroxylation is 4. The highest BCUT2D eigenvalue weighted by Gasteiger charge is 2.38. The number of carboxylic acid groups (broad SMARTS) is 2. The second-order valence-electron chi connectivity index (χ2n) is 26.5. The molecule has 0 spiro atoms. The Kier molecular flexibility index (Phi) is 32.5. The molecule has 0 aliphatic heterocycles. The van der Waals surface area contributed by atoms with Crippen LogP contribution < -0.4 is 69.4 Å². The number of nitrogens with one attached hydrogen (secondary N) is 11. The molecule has 33 heteroatoms. The van der Waals surface area contributed by atoms with Crippen molar-refractivity contribution in [1.29, 1.82) is 0 Å². The molecule has 0 saturated heterocycles. The number of carbonyl (C=O) groups excluding carboxylic acids is 11. The Balaban J connectivity index is 1.15. The third-order valence-corrected chi connectivity index (χ3v) is 17.9. The van der Waals surface area contributed by atoms with E-state index in [1.165, 1.54) is 19.4 Å². The Labute approximate surface area is 628 Å². The zero-order chi connectivity index (χ0) is 80.3. The Hall–Kier alpha value is -11.9. The molecule has 1 heterocycles. The molecule has 6 aromatic rings. The summed E-state index contributed by atoms with van der Waals surface area (Å²) in [7, 11) is 1.55. The predicted octanol–water partition coefficient (Wildman–Crippen LogP) is -1.08. The van der Waals surface area contributed by atoms with E-state index >= 15 is 0 Å². The molecular weight excluding hydrogens is 1410 g/mol. The first kappa shape index (κ1) is 86.0. The maximum absolute atomic E-state index is 14.6. The zero-order valence-corrected chi connectivity index (χ0v) is 61.6. The van der Waals surface area contributed by atoms with Gasteiger partial charge in [-0.15, -0.1) is 0 Å². The number of ether oxygens (including phenoxy) is 1. The van der Waals surface area contributed by atoms with E-state index < -0.39 is 182 Å². The van der Waals surface area contributed by atoms with Gasteiger partial charge in [0.05, 0.1) is 51.3 Å². The highest BCUT2D eigenvalue weighted by Crippen LogP contribution is 2.30. The van der Waals surface area contributed by atoms with Crippen molar-refractivity contribution in [2.24, 2.45) is 11.5 Å². The van der Waals surface area contributed by atoms with E-state index in [0.29, 0.717) is 34.6 Å². The maximum Gasteiger partial charge on any atom is 0.305 e. The van der Waals surface area contributed by atoms with Crippen molar-refractivity contribution >= 4 is 76.9 Å². The summed E-state index contributed by atoms with van der Waals surface area (Å²) in [4.78, 5) is 182. The highest BCUT2D eigenvalue weighted by molar-refractivity contribution is 6.00. The summed E-state index contributed by atoms with van der Waals surface area (Å²) in [6, 6.07) is 15.3. The normalized spacial score (nSPS) is 14.4. The number of aliphatic hydroxyl groups excluding tert-OH is 3. The molecule has 109 heavy (non-hydrogen) atoms. The lowest BCUT2D eigenvalue weighted by molar-refractivity contribution is -0.142. The first-order chi connectivity index (χ1) is 51.7. The van der Waals surface area contributed by atoms with Crippen LogP contribution in [-0.2, 0) is 94.4 Å². The fourth-order valence-electron chi connectivity index (χ4n) is 11.6. The first-order valence-electron chi connectivity index (χ1n) is 35.1. The van der Waals surface area contributed by atoms with Gasteiger partial charge in [0, 0.05) is 44.0 Å². The summed E-state index contributed by atoms with van der Waals surface area (Å²) in [5.41, 5.74) is 21.7. The van der Waals surface area contributed by atoms with Crippen molar-refractivity contribution in [3.05, 3.63) is 166 Å². The van der Waals surface area contributed by atoms with Gasteiger partial charge < -0.3 is 99.9 Å². The maximum atomic E-state index is 14.6. The number of methoxy groups -OCH3 is 1. The molecule has 1 aromatic heterocycles. The standard InChI is InChI=1S/C76H96N14O19/c1-9-48-32-52(109-8)23-24-53(48)49-19-15-47(16-20-49)31-58(71(103)84-57(67(78)99)29-46-17-21-50(22-18-46)54-28-40(3)39(2)27-41(54)4)85-72(104)60(34-64(97)98)86-74(106)61(37-91)88-76(108)66(44(7)93)90-73(105)59(30-45-13-11-10-12-14-45)87-75(107)65(43(6)92)89-62(94)36-80-70(102)56(25-26-63(95)96)83-68(100)42(5)82-69(101)55(77)33-51-35-79-38-81-51/h10-24,27-28,32,35,38,42-44,55-61,65-66,91-93H,9,25-26,29-31,33-34,36-37,77H2,1-8H3,(H2,78,99)(H,79,81)(H,80,102)(H,82,101)(H,83,100)(H,84,103)(H,85,104)(H,86,106)(H,87,107)(H,88,108)(H,89,94)(H,90,105)(H,95,96)(H,97,98)/t42-,43+,44+,55-,56-,57-,58-,59-,60-,61-,65-,66-/m0/s1. The average Bonchev–Trinajstić information content (AvgIpc) is 0.869. The van der Waals surface area contributed by atoms with E-state index in [0.717, 1.165) is 58.4 Å². The first-order valence-corrected chi connectivity index (χ1v) is 35.1. The summed E-state index contributed by atoms with van der Waals surface area (Å²) >= 11 is 0. The number of benzene rings is 5. The van der Waals surface area contributed by atoms with Crippen molar-refractivity contribution in [1.82, 2.24) is 63.1 Å². The molecule has 0 saturated carbocycles. The van der Waals surface area contributed by atoms with Crippen molar-refractivity contribution < 1.29 is 92.6 Å². The van der Waals surface area contributed by atoms with Gasteiger partial charge in [0.25, 0.3) is 0 Å². The van der Waals surface area contributed by atoms with Crippen LogP contribution in [0, 0.1) is 20.8 Å². The van der Waals surface area contributed by atoms with Crippen LogP contribution in [0.3, 0.4) is 0 Å². The number of amides is 11. The lowest BCUT2D eigenvalue weighted by Gasteiger charge is -2.28. The molecule has 12 atom stereocenters. The fourth-order valence-corrected chi connectivity index (χ4v) is 11.6. The Bertz CT molecular complexity index is 4200. The van der Waals surface area contributed by atoms with Gasteiger partial charge in [0.1, 0.15) is 60.1 Å². The minimum Gasteiger partial charge on any atom is -0.497 e. The van der Waals surface area contributed by atoms with Gasteiger partial charge in [-0.05, 0) is 128 Å². The number of aromatic amines is 1. The van der Waals surface area contributed by atoms with Gasteiger partial charge in [-0.25, -0.2) is 4.98 Å². The van der Waals surface area contributed by atoms with Gasteiger partial charge in [0.15, 0.2) is 0 Å². The van der Waals surface area contributed by atoms with Gasteiger partial charge in [0.2, 0.25) is 65.0 Å². The van der Waals surface area contributed by atoms with E-state index in [1.807, 2.05) is 52.0 Å². The van der Waals surface area contributed by atoms with E-state index in [4.69, 9.17) is 16.2 Å². The number of H-pyrrole nitrogens is 1. The van der Waals surface area contributed by atoms with E-state index in [2.05, 4.69) is 75.3 Å². The van der Waals surface area contributed by atoms with Gasteiger partial charge in [-0.3, -0.25) is 62.3 Å². The van der Waals surface area contributed by atoms with Crippen molar-refractivity contribution in [2.45, 2.75) is 172 Å². The van der Waals surface area contributed by atoms with Crippen LogP contribution in [0.25, 0.3) is 22.3 Å². The summed E-state index contributed by atoms with van der Waals surface area (Å²) in [5, 5.41) is 75.3. The molecule has 6 rings (SSSR count). The summed E-state index contributed by atoms with van der Waals surface area (Å²) in [6.45, 7) is 9.25. The quantitative estimate of drug-likeness (QED) is 0.0217. The van der Waals surface area contributed by atoms with Gasteiger partial charge in [-0.1, -0.05) is 104 Å². The zero-order valence-electron chi connectivity index (χ0n) is 61.6. The molecule has 0 aliphatic rings. The number of carboxylic acids is 2. The number of carbonyl (C=O) groups is 13. The van der Waals surface area contributed by atoms with Crippen molar-refractivity contribution in [2.75, 3.05) is 20.3 Å². The topological polar surface area (TPSA) is 533 Å². The molecule has 11 amide bonds. The molecular formula is C76H96N14O19. The number of imidazole rings is 1. The third kappa shape index (κ3) is 26.2. The lowest BCUT2D eigenvalue weighted by Crippen LogP contribution is -2.63. The predicted molar refractivity (Wildman–Crippen MR) is 397 cm³/mol. The third-order valence-electron chi connectivity index (χ3n) is 17.9. The van der Waals surface area contributed by atoms with Crippen LogP contribution >= 0.6 is 0 Å². The highest BCUT2D eigenvalue weighted by atomic mass is 16.5. The smallest absolute Gasteiger partial charge is 0.305 e. The number of nitrogens with zero attached hydrogens (tertiary/aromatic N) is 1. The van der Waals surface area contributed by atoms with Crippen LogP contribution in [0.4, 0.5) is 0 Å². The number of aliphatic hydroxyl groups is 3. The Morgan fingerprint density at radius 3 is 1.56 bits per heavy atom. The number of hydrogen-bond donors (Lipinski definition) is 18. The largest absolute Gasteiger partial charge is 0.497 e. The van der Waals surface area contributed by atoms with Crippen LogP contribution in [0.5, 0.6) is 5.75 Å². The summed E-state index contributed by atoms with van der Waals surface area (Å²) in [6.07, 6.45) is -3.02. The second kappa shape index (κ2) is 41.3. The number of nitrogens with two attached hydrogens (primary N) is 2. The number of aromatic nitrogens is 2. The molecule has 0 bridgehead atoms. The average molecular weight is 1510 g/mol. The summed E-state index contributed by atoms with van der Waals surface area (Å²) < 4.78 is 5.42. The number of hydrogen-bond acceptors (Lipinski definition) is 19. The van der Waals surface area contributed by atoms with E-state index in [-0.39, 0.29) is 25.7 Å². The molecule has 20 N–H and O–H groups in total. The van der Waals surface area contributed by atoms with E-state index in [1.54, 1.807) is 79.9 Å². The summed E-state index contributed by atoms with van der Waals surface area (Å²) in [5.74, 6) is -14.4. The lowest BCUT2D eigenvalue weighted by atomic mass is 9.94. The molecule has 5 aromatic carbocycles. The van der Waals surface area contributed by atoms with Crippen LogP contribution in [0.1, 0.15) is 91.6 Å². The second-order valence-corrected chi connectivity index (χ2v) is 26.5. The fraction of sp³-hybridized carbons (Fsp3) is 0.395.